The van der Waals surface area contributed by atoms with Gasteiger partial charge in [0.1, 0.15) is 0 Å². The van der Waals surface area contributed by atoms with E-state index in [4.69, 9.17) is 0 Å². The van der Waals surface area contributed by atoms with Crippen LogP contribution in [0.4, 0.5) is 0 Å². The summed E-state index contributed by atoms with van der Waals surface area (Å²) in [6.07, 6.45) is 7.70. The Morgan fingerprint density at radius 2 is 1.53 bits per heavy atom. The van der Waals surface area contributed by atoms with Crippen molar-refractivity contribution in [3.05, 3.63) is 0 Å². The molecule has 1 amide bonds. The highest BCUT2D eigenvalue weighted by atomic mass is 16.2. The summed E-state index contributed by atoms with van der Waals surface area (Å²) in [7, 11) is 0. The van der Waals surface area contributed by atoms with Crippen molar-refractivity contribution >= 4 is 5.91 Å². The van der Waals surface area contributed by atoms with Gasteiger partial charge in [0.2, 0.25) is 5.91 Å². The van der Waals surface area contributed by atoms with E-state index in [0.29, 0.717) is 6.04 Å². The molecule has 2 fully saturated rings. The molecule has 2 aliphatic rings. The summed E-state index contributed by atoms with van der Waals surface area (Å²) in [6.45, 7) is 5.92. The number of rotatable bonds is 2. The first kappa shape index (κ1) is 12.9. The van der Waals surface area contributed by atoms with E-state index in [2.05, 4.69) is 12.2 Å². The predicted octanol–water partition coefficient (Wildman–Crippen LogP) is 2.17. The molecular weight excluding hydrogens is 212 g/mol. The van der Waals surface area contributed by atoms with Crippen molar-refractivity contribution in [2.24, 2.45) is 5.92 Å². The summed E-state index contributed by atoms with van der Waals surface area (Å²) in [6, 6.07) is 1.38. The molecule has 0 aromatic carbocycles. The van der Waals surface area contributed by atoms with E-state index < -0.39 is 0 Å². The molecule has 0 radical (unpaired) electrons. The molecule has 1 heterocycles. The highest BCUT2D eigenvalue weighted by molar-refractivity contribution is 5.73. The van der Waals surface area contributed by atoms with Gasteiger partial charge in [-0.15, -0.1) is 0 Å². The average Bonchev–Trinajstić information content (AvgIpc) is 2.33. The molecule has 3 heteroatoms. The molecule has 2 rings (SSSR count). The summed E-state index contributed by atoms with van der Waals surface area (Å²) in [5.74, 6) is 1.16. The molecule has 1 N–H and O–H groups in total. The molecule has 0 aromatic rings. The van der Waals surface area contributed by atoms with Gasteiger partial charge in [0.25, 0.3) is 0 Å². The number of carbonyl (C=O) groups excluding carboxylic acids is 1. The molecule has 1 aliphatic carbocycles. The zero-order valence-electron chi connectivity index (χ0n) is 11.2. The van der Waals surface area contributed by atoms with Crippen LogP contribution in [-0.4, -0.2) is 36.0 Å². The molecule has 0 bridgehead atoms. The van der Waals surface area contributed by atoms with E-state index >= 15 is 0 Å². The second-order valence-electron chi connectivity index (χ2n) is 5.90. The minimum absolute atomic E-state index is 0.231. The van der Waals surface area contributed by atoms with Gasteiger partial charge in [-0.3, -0.25) is 4.79 Å². The van der Waals surface area contributed by atoms with Gasteiger partial charge in [0, 0.05) is 32.1 Å². The Hall–Kier alpha value is -0.570. The fourth-order valence-electron chi connectivity index (χ4n) is 3.12. The maximum atomic E-state index is 11.2. The zero-order chi connectivity index (χ0) is 12.3. The lowest BCUT2D eigenvalue weighted by Gasteiger charge is -2.36. The van der Waals surface area contributed by atoms with Gasteiger partial charge >= 0.3 is 0 Å². The highest BCUT2D eigenvalue weighted by Gasteiger charge is 2.24. The third-order valence-corrected chi connectivity index (χ3v) is 4.43. The van der Waals surface area contributed by atoms with E-state index in [1.165, 1.54) is 25.7 Å². The SMILES string of the molecule is CC(=O)N1CCC(NC2CCC(C)CC2)CC1. The Labute approximate surface area is 105 Å². The summed E-state index contributed by atoms with van der Waals surface area (Å²) < 4.78 is 0. The fraction of sp³-hybridized carbons (Fsp3) is 0.929. The number of amides is 1. The van der Waals surface area contributed by atoms with Crippen LogP contribution in [0.2, 0.25) is 0 Å². The predicted molar refractivity (Wildman–Crippen MR) is 69.8 cm³/mol. The van der Waals surface area contributed by atoms with Crippen LogP contribution in [0.15, 0.2) is 0 Å². The van der Waals surface area contributed by atoms with Gasteiger partial charge in [-0.05, 0) is 44.4 Å². The minimum atomic E-state index is 0.231. The molecule has 3 nitrogen and oxygen atoms in total. The number of hydrogen-bond donors (Lipinski definition) is 1. The van der Waals surface area contributed by atoms with Crippen molar-refractivity contribution in [3.8, 4) is 0 Å². The molecule has 1 saturated heterocycles. The first-order chi connectivity index (χ1) is 8.15. The zero-order valence-corrected chi connectivity index (χ0v) is 11.2. The molecule has 0 unspecified atom stereocenters. The molecule has 0 spiro atoms. The van der Waals surface area contributed by atoms with E-state index in [-0.39, 0.29) is 5.91 Å². The molecule has 98 valence electrons. The maximum absolute atomic E-state index is 11.2. The third-order valence-electron chi connectivity index (χ3n) is 4.43. The van der Waals surface area contributed by atoms with Crippen molar-refractivity contribution in [1.82, 2.24) is 10.2 Å². The van der Waals surface area contributed by atoms with E-state index in [1.54, 1.807) is 6.92 Å². The normalized spacial score (nSPS) is 31.5. The lowest BCUT2D eigenvalue weighted by molar-refractivity contribution is -0.129. The van der Waals surface area contributed by atoms with Gasteiger partial charge in [0.05, 0.1) is 0 Å². The molecule has 0 aromatic heterocycles. The fourth-order valence-corrected chi connectivity index (χ4v) is 3.12. The Morgan fingerprint density at radius 1 is 1.00 bits per heavy atom. The lowest BCUT2D eigenvalue weighted by atomic mass is 9.86. The lowest BCUT2D eigenvalue weighted by Crippen LogP contribution is -2.48. The summed E-state index contributed by atoms with van der Waals surface area (Å²) in [4.78, 5) is 13.2. The molecule has 17 heavy (non-hydrogen) atoms. The van der Waals surface area contributed by atoms with Gasteiger partial charge in [-0.1, -0.05) is 6.92 Å². The van der Waals surface area contributed by atoms with Gasteiger partial charge in [0.15, 0.2) is 0 Å². The minimum Gasteiger partial charge on any atom is -0.343 e. The quantitative estimate of drug-likeness (QED) is 0.799. The Bertz CT molecular complexity index is 251. The van der Waals surface area contributed by atoms with Crippen molar-refractivity contribution in [1.29, 1.82) is 0 Å². The van der Waals surface area contributed by atoms with Gasteiger partial charge in [-0.2, -0.15) is 0 Å². The average molecular weight is 238 g/mol. The van der Waals surface area contributed by atoms with Crippen LogP contribution in [0, 0.1) is 5.92 Å². The second kappa shape index (κ2) is 5.85. The number of nitrogens with zero attached hydrogens (tertiary/aromatic N) is 1. The number of hydrogen-bond acceptors (Lipinski definition) is 2. The van der Waals surface area contributed by atoms with E-state index in [9.17, 15) is 4.79 Å². The van der Waals surface area contributed by atoms with Crippen molar-refractivity contribution in [2.75, 3.05) is 13.1 Å². The van der Waals surface area contributed by atoms with Crippen molar-refractivity contribution < 1.29 is 4.79 Å². The third kappa shape index (κ3) is 3.70. The van der Waals surface area contributed by atoms with Crippen LogP contribution in [-0.2, 0) is 4.79 Å². The maximum Gasteiger partial charge on any atom is 0.219 e. The Kier molecular flexibility index (Phi) is 4.43. The van der Waals surface area contributed by atoms with Gasteiger partial charge < -0.3 is 10.2 Å². The van der Waals surface area contributed by atoms with Crippen LogP contribution in [0.25, 0.3) is 0 Å². The van der Waals surface area contributed by atoms with Crippen molar-refractivity contribution in [3.63, 3.8) is 0 Å². The topological polar surface area (TPSA) is 32.3 Å². The molecule has 1 aliphatic heterocycles. The Morgan fingerprint density at radius 3 is 2.06 bits per heavy atom. The van der Waals surface area contributed by atoms with Crippen LogP contribution in [0.1, 0.15) is 52.4 Å². The summed E-state index contributed by atoms with van der Waals surface area (Å²) in [5, 5.41) is 3.80. The molecule has 0 atom stereocenters. The second-order valence-corrected chi connectivity index (χ2v) is 5.90. The summed E-state index contributed by atoms with van der Waals surface area (Å²) >= 11 is 0. The first-order valence-electron chi connectivity index (χ1n) is 7.16. The number of likely N-dealkylation sites (tertiary alicyclic amines) is 1. The van der Waals surface area contributed by atoms with E-state index in [0.717, 1.165) is 37.9 Å². The smallest absolute Gasteiger partial charge is 0.219 e. The first-order valence-corrected chi connectivity index (χ1v) is 7.16. The van der Waals surface area contributed by atoms with Crippen LogP contribution >= 0.6 is 0 Å². The monoisotopic (exact) mass is 238 g/mol. The number of carbonyl (C=O) groups is 1. The van der Waals surface area contributed by atoms with Gasteiger partial charge in [-0.25, -0.2) is 0 Å². The van der Waals surface area contributed by atoms with Crippen LogP contribution in [0.5, 0.6) is 0 Å². The standard InChI is InChI=1S/C14H26N2O/c1-11-3-5-13(6-4-11)15-14-7-9-16(10-8-14)12(2)17/h11,13-15H,3-10H2,1-2H3. The number of nitrogens with one attached hydrogen (secondary N) is 1. The molecular formula is C14H26N2O. The number of piperidine rings is 1. The summed E-state index contributed by atoms with van der Waals surface area (Å²) in [5.41, 5.74) is 0. The highest BCUT2D eigenvalue weighted by Crippen LogP contribution is 2.24. The largest absolute Gasteiger partial charge is 0.343 e. The Balaban J connectivity index is 1.69. The van der Waals surface area contributed by atoms with Crippen LogP contribution in [0.3, 0.4) is 0 Å². The molecule has 1 saturated carbocycles. The van der Waals surface area contributed by atoms with Crippen molar-refractivity contribution in [2.45, 2.75) is 64.5 Å². The van der Waals surface area contributed by atoms with Crippen LogP contribution < -0.4 is 5.32 Å². The van der Waals surface area contributed by atoms with E-state index in [1.807, 2.05) is 4.90 Å².